The third-order valence-electron chi connectivity index (χ3n) is 6.23. The number of carbonyl (C=O) groups excluding carboxylic acids is 4. The van der Waals surface area contributed by atoms with E-state index in [2.05, 4.69) is 0 Å². The van der Waals surface area contributed by atoms with Crippen LogP contribution in [0.1, 0.15) is 45.4 Å². The number of carboxylic acids is 1. The molecule has 3 aliphatic rings. The molecule has 5 rings (SSSR count). The Bertz CT molecular complexity index is 1290. The Morgan fingerprint density at radius 2 is 2.03 bits per heavy atom. The zero-order chi connectivity index (χ0) is 22.2. The number of carboxylic acid groups (broad SMARTS) is 1. The topological polar surface area (TPSA) is 141 Å². The second kappa shape index (κ2) is 8.28. The molecule has 1 saturated heterocycles. The van der Waals surface area contributed by atoms with Gasteiger partial charge in [-0.2, -0.15) is 0 Å². The summed E-state index contributed by atoms with van der Waals surface area (Å²) in [5.74, 6) is -3.32. The van der Waals surface area contributed by atoms with Crippen molar-refractivity contribution in [3.05, 3.63) is 51.5 Å². The van der Waals surface area contributed by atoms with Gasteiger partial charge in [-0.05, 0) is 42.7 Å². The van der Waals surface area contributed by atoms with E-state index in [4.69, 9.17) is 5.73 Å². The molecule has 3 N–H and O–H groups in total. The van der Waals surface area contributed by atoms with Crippen molar-refractivity contribution < 1.29 is 80.8 Å². The fraction of sp³-hybridized carbons (Fsp3) is 0.273. The molecule has 2 aromatic rings. The summed E-state index contributed by atoms with van der Waals surface area (Å²) in [7, 11) is 0. The maximum absolute atomic E-state index is 12.8. The van der Waals surface area contributed by atoms with Gasteiger partial charge >= 0.3 is 51.4 Å². The molecule has 8 nitrogen and oxygen atoms in total. The van der Waals surface area contributed by atoms with E-state index in [-0.39, 0.29) is 81.3 Å². The van der Waals surface area contributed by atoms with Crippen LogP contribution in [0.25, 0.3) is 15.7 Å². The Morgan fingerprint density at radius 3 is 2.66 bits per heavy atom. The normalized spacial score (nSPS) is 22.7. The molecule has 1 fully saturated rings. The third kappa shape index (κ3) is 3.28. The Morgan fingerprint density at radius 1 is 1.31 bits per heavy atom. The minimum atomic E-state index is -1.47. The smallest absolute Gasteiger partial charge is 0.543 e. The number of benzene rings is 1. The van der Waals surface area contributed by atoms with E-state index in [1.807, 2.05) is 0 Å². The third-order valence-corrected chi connectivity index (χ3v) is 7.44. The molecule has 0 radical (unpaired) electrons. The second-order valence-electron chi connectivity index (χ2n) is 7.99. The van der Waals surface area contributed by atoms with Gasteiger partial charge in [0, 0.05) is 32.5 Å². The van der Waals surface area contributed by atoms with Gasteiger partial charge in [-0.1, -0.05) is 6.08 Å². The number of Topliss-reactive ketones (excluding diaryl/α,β-unsaturated/α-hetero) is 1. The molecule has 1 aromatic heterocycles. The van der Waals surface area contributed by atoms with E-state index in [9.17, 15) is 29.4 Å². The zero-order valence-electron chi connectivity index (χ0n) is 17.4. The molecule has 3 atom stereocenters. The number of nitrogens with two attached hydrogens (primary N) is 1. The average molecular weight is 477 g/mol. The van der Waals surface area contributed by atoms with Crippen molar-refractivity contribution in [3.8, 4) is 0 Å². The number of ketones is 1. The van der Waals surface area contributed by atoms with E-state index in [0.29, 0.717) is 27.0 Å². The molecule has 158 valence electrons. The number of fused-ring (bicyclic) bond motifs is 4. The van der Waals surface area contributed by atoms with Crippen LogP contribution in [-0.2, 0) is 9.59 Å². The minimum Gasteiger partial charge on any atom is -0.543 e. The number of β-lactam (4-membered cyclic amide) rings is 1. The predicted octanol–water partition coefficient (Wildman–Crippen LogP) is -2.41. The molecule has 10 heteroatoms. The molecule has 0 bridgehead atoms. The summed E-state index contributed by atoms with van der Waals surface area (Å²) >= 11 is 1.32. The molecule has 3 heterocycles. The largest absolute Gasteiger partial charge is 1.00 e. The molecule has 0 saturated carbocycles. The molecule has 1 aliphatic carbocycles. The average Bonchev–Trinajstić information content (AvgIpc) is 3.24. The van der Waals surface area contributed by atoms with Gasteiger partial charge in [0.25, 0.3) is 0 Å². The molecule has 0 unspecified atom stereocenters. The number of hydrogen-bond donors (Lipinski definition) is 2. The number of amides is 2. The van der Waals surface area contributed by atoms with Crippen molar-refractivity contribution in [1.29, 1.82) is 0 Å². The van der Waals surface area contributed by atoms with Crippen molar-refractivity contribution in [2.24, 2.45) is 11.7 Å². The van der Waals surface area contributed by atoms with Crippen molar-refractivity contribution in [1.82, 2.24) is 4.90 Å². The van der Waals surface area contributed by atoms with Crippen LogP contribution in [0, 0.1) is 5.92 Å². The van der Waals surface area contributed by atoms with Crippen LogP contribution in [0.4, 0.5) is 0 Å². The predicted molar refractivity (Wildman–Crippen MR) is 110 cm³/mol. The molecule has 2 amide bonds. The van der Waals surface area contributed by atoms with Crippen molar-refractivity contribution in [3.63, 3.8) is 0 Å². The van der Waals surface area contributed by atoms with E-state index < -0.39 is 35.8 Å². The summed E-state index contributed by atoms with van der Waals surface area (Å²) in [6.07, 6.45) is 1.11. The van der Waals surface area contributed by atoms with Crippen LogP contribution < -0.4 is 62.2 Å². The molecule has 1 aromatic carbocycles. The van der Waals surface area contributed by atoms with E-state index in [0.717, 1.165) is 4.70 Å². The Kier molecular flexibility index (Phi) is 6.08. The number of allylic oxidation sites excluding steroid dienone is 2. The number of nitrogens with zero attached hydrogens (tertiary/aromatic N) is 1. The van der Waals surface area contributed by atoms with Crippen molar-refractivity contribution in [2.45, 2.75) is 31.9 Å². The first kappa shape index (κ1) is 23.5. The van der Waals surface area contributed by atoms with Crippen LogP contribution >= 0.6 is 11.3 Å². The summed E-state index contributed by atoms with van der Waals surface area (Å²) in [6, 6.07) is 4.43. The van der Waals surface area contributed by atoms with E-state index in [1.165, 1.54) is 23.2 Å². The van der Waals surface area contributed by atoms with Crippen LogP contribution in [0.15, 0.2) is 35.5 Å². The van der Waals surface area contributed by atoms with Crippen LogP contribution in [0.2, 0.25) is 0 Å². The SMILES string of the molecule is C[C@@H](O)[C@H]1C(=O)N2C(C(=O)[O-])=C(C3=CCC(=O)c4c3sc3ccc(C(N)=O)cc43)C[C@H]12.[K+]. The quantitative estimate of drug-likeness (QED) is 0.372. The maximum atomic E-state index is 12.8. The van der Waals surface area contributed by atoms with Gasteiger partial charge in [-0.3, -0.25) is 14.4 Å². The number of primary amides is 1. The summed E-state index contributed by atoms with van der Waals surface area (Å²) in [6.45, 7) is 1.51. The van der Waals surface area contributed by atoms with Gasteiger partial charge in [0.1, 0.15) is 0 Å². The maximum Gasteiger partial charge on any atom is 1.00 e. The molecular weight excluding hydrogens is 459 g/mol. The van der Waals surface area contributed by atoms with Crippen LogP contribution in [0.3, 0.4) is 0 Å². The molecule has 0 spiro atoms. The first-order chi connectivity index (χ1) is 14.7. The fourth-order valence-electron chi connectivity index (χ4n) is 4.87. The van der Waals surface area contributed by atoms with Gasteiger partial charge < -0.3 is 25.6 Å². The van der Waals surface area contributed by atoms with E-state index in [1.54, 1.807) is 24.3 Å². The summed E-state index contributed by atoms with van der Waals surface area (Å²) < 4.78 is 0.769. The molecule has 32 heavy (non-hydrogen) atoms. The van der Waals surface area contributed by atoms with Gasteiger partial charge in [-0.15, -0.1) is 11.3 Å². The van der Waals surface area contributed by atoms with Crippen molar-refractivity contribution >= 4 is 50.6 Å². The number of rotatable bonds is 4. The second-order valence-corrected chi connectivity index (χ2v) is 9.04. The number of aliphatic carboxylic acids is 1. The van der Waals surface area contributed by atoms with E-state index >= 15 is 0 Å². The monoisotopic (exact) mass is 476 g/mol. The molecular formula is C22H17KN2O6S. The number of carbonyl (C=O) groups is 4. The summed E-state index contributed by atoms with van der Waals surface area (Å²) in [5.41, 5.74) is 6.90. The molecule has 2 aliphatic heterocycles. The first-order valence-electron chi connectivity index (χ1n) is 9.76. The zero-order valence-corrected chi connectivity index (χ0v) is 21.3. The standard InChI is InChI=1S/C22H18N2O6S.K/c1-8(25)16-13-7-11(18(22(29)30)24(13)21(16)28)10-3-4-14(26)17-12-6-9(20(23)27)2-5-15(12)31-19(10)17;/h2-3,5-6,8,13,16,25H,4,7H2,1H3,(H2,23,27)(H,29,30);/q;+1/p-1/t8-,13-,16-;/m1./s1. The first-order valence-corrected chi connectivity index (χ1v) is 10.6. The number of thiophene rings is 1. The van der Waals surface area contributed by atoms with Crippen LogP contribution in [-0.4, -0.2) is 45.7 Å². The van der Waals surface area contributed by atoms with Gasteiger partial charge in [0.2, 0.25) is 11.8 Å². The number of aliphatic hydroxyl groups excluding tert-OH is 1. The summed E-state index contributed by atoms with van der Waals surface area (Å²) in [4.78, 5) is 50.6. The minimum absolute atomic E-state index is 0. The fourth-order valence-corrected chi connectivity index (χ4v) is 6.14. The summed E-state index contributed by atoms with van der Waals surface area (Å²) in [5, 5.41) is 22.5. The number of aliphatic hydroxyl groups is 1. The Hall–Kier alpha value is -1.66. The Labute approximate surface area is 229 Å². The van der Waals surface area contributed by atoms with Gasteiger partial charge in [-0.25, -0.2) is 0 Å². The Balaban J connectivity index is 0.00000245. The van der Waals surface area contributed by atoms with Gasteiger partial charge in [0.05, 0.1) is 29.7 Å². The van der Waals surface area contributed by atoms with Crippen LogP contribution in [0.5, 0.6) is 0 Å². The van der Waals surface area contributed by atoms with Gasteiger partial charge in [0.15, 0.2) is 5.78 Å². The van der Waals surface area contributed by atoms with Crippen molar-refractivity contribution in [2.75, 3.05) is 0 Å². The number of hydrogen-bond acceptors (Lipinski definition) is 7.